The zero-order valence-corrected chi connectivity index (χ0v) is 14.1. The Hall–Kier alpha value is -2.07. The lowest BCUT2D eigenvalue weighted by atomic mass is 10.1. The minimum Gasteiger partial charge on any atom is -0.464 e. The van der Waals surface area contributed by atoms with Gasteiger partial charge in [0.1, 0.15) is 5.69 Å². The molecule has 0 saturated heterocycles. The van der Waals surface area contributed by atoms with Crippen LogP contribution in [-0.4, -0.2) is 17.6 Å². The molecule has 0 radical (unpaired) electrons. The van der Waals surface area contributed by atoms with Crippen molar-refractivity contribution in [3.8, 4) is 0 Å². The third-order valence-corrected chi connectivity index (χ3v) is 4.93. The van der Waals surface area contributed by atoms with Gasteiger partial charge in [0, 0.05) is 11.4 Å². The van der Waals surface area contributed by atoms with Crippen molar-refractivity contribution < 1.29 is 9.53 Å². The summed E-state index contributed by atoms with van der Waals surface area (Å²) in [5, 5.41) is 0. The summed E-state index contributed by atoms with van der Waals surface area (Å²) in [7, 11) is 1.43. The SMILES string of the molecule is COC(=O)c1cc2sc(C)cc2n1Cc1cc(C)ccc1C. The summed E-state index contributed by atoms with van der Waals surface area (Å²) in [6.07, 6.45) is 0. The van der Waals surface area contributed by atoms with Gasteiger partial charge in [-0.15, -0.1) is 11.3 Å². The van der Waals surface area contributed by atoms with E-state index in [1.54, 1.807) is 11.3 Å². The van der Waals surface area contributed by atoms with E-state index in [9.17, 15) is 4.79 Å². The van der Waals surface area contributed by atoms with Gasteiger partial charge in [-0.1, -0.05) is 23.8 Å². The first-order valence-corrected chi connectivity index (χ1v) is 8.05. The van der Waals surface area contributed by atoms with Crippen LogP contribution in [0.15, 0.2) is 30.3 Å². The predicted molar refractivity (Wildman–Crippen MR) is 90.9 cm³/mol. The van der Waals surface area contributed by atoms with E-state index < -0.39 is 0 Å². The van der Waals surface area contributed by atoms with Crippen LogP contribution in [0.5, 0.6) is 0 Å². The molecule has 1 aromatic carbocycles. The topological polar surface area (TPSA) is 31.2 Å². The van der Waals surface area contributed by atoms with Gasteiger partial charge in [0.05, 0.1) is 17.3 Å². The van der Waals surface area contributed by atoms with Gasteiger partial charge < -0.3 is 9.30 Å². The number of fused-ring (bicyclic) bond motifs is 1. The average Bonchev–Trinajstić information content (AvgIpc) is 2.99. The van der Waals surface area contributed by atoms with Crippen LogP contribution in [0.3, 0.4) is 0 Å². The van der Waals surface area contributed by atoms with Gasteiger partial charge >= 0.3 is 5.97 Å². The Balaban J connectivity index is 2.15. The van der Waals surface area contributed by atoms with Crippen LogP contribution in [0.4, 0.5) is 0 Å². The lowest BCUT2D eigenvalue weighted by Gasteiger charge is -2.12. The van der Waals surface area contributed by atoms with Gasteiger partial charge in [-0.25, -0.2) is 4.79 Å². The molecule has 0 bridgehead atoms. The number of benzene rings is 1. The molecule has 3 rings (SSSR count). The Bertz CT molecular complexity index is 857. The lowest BCUT2D eigenvalue weighted by molar-refractivity contribution is 0.0589. The molecule has 0 aliphatic carbocycles. The van der Waals surface area contributed by atoms with Crippen molar-refractivity contribution in [2.75, 3.05) is 7.11 Å². The summed E-state index contributed by atoms with van der Waals surface area (Å²) in [4.78, 5) is 13.3. The first-order chi connectivity index (χ1) is 10.5. The minimum atomic E-state index is -0.286. The molecule has 22 heavy (non-hydrogen) atoms. The highest BCUT2D eigenvalue weighted by molar-refractivity contribution is 7.19. The Morgan fingerprint density at radius 2 is 1.95 bits per heavy atom. The van der Waals surface area contributed by atoms with E-state index in [0.29, 0.717) is 12.2 Å². The molecule has 4 heteroatoms. The molecule has 0 N–H and O–H groups in total. The van der Waals surface area contributed by atoms with Crippen LogP contribution in [0.1, 0.15) is 32.1 Å². The molecule has 0 amide bonds. The van der Waals surface area contributed by atoms with E-state index in [1.807, 2.05) is 6.07 Å². The third kappa shape index (κ3) is 2.55. The van der Waals surface area contributed by atoms with Crippen LogP contribution >= 0.6 is 11.3 Å². The molecule has 114 valence electrons. The fourth-order valence-electron chi connectivity index (χ4n) is 2.75. The summed E-state index contributed by atoms with van der Waals surface area (Å²) >= 11 is 1.70. The number of ether oxygens (including phenoxy) is 1. The predicted octanol–water partition coefficient (Wildman–Crippen LogP) is 4.46. The van der Waals surface area contributed by atoms with Gasteiger partial charge in [0.25, 0.3) is 0 Å². The first kappa shape index (κ1) is 14.9. The van der Waals surface area contributed by atoms with Crippen LogP contribution in [0.2, 0.25) is 0 Å². The molecule has 0 fully saturated rings. The van der Waals surface area contributed by atoms with Gasteiger partial charge in [-0.2, -0.15) is 0 Å². The summed E-state index contributed by atoms with van der Waals surface area (Å²) in [6, 6.07) is 10.5. The Morgan fingerprint density at radius 1 is 1.18 bits per heavy atom. The quantitative estimate of drug-likeness (QED) is 0.668. The van der Waals surface area contributed by atoms with E-state index in [-0.39, 0.29) is 5.97 Å². The van der Waals surface area contributed by atoms with Gasteiger partial charge in [0.2, 0.25) is 0 Å². The molecule has 0 unspecified atom stereocenters. The number of rotatable bonds is 3. The van der Waals surface area contributed by atoms with E-state index >= 15 is 0 Å². The number of thiophene rings is 1. The number of aromatic nitrogens is 1. The number of esters is 1. The second-order valence-corrected chi connectivity index (χ2v) is 6.93. The van der Waals surface area contributed by atoms with E-state index in [4.69, 9.17) is 4.74 Å². The molecule has 0 aliphatic rings. The highest BCUT2D eigenvalue weighted by atomic mass is 32.1. The van der Waals surface area contributed by atoms with E-state index in [0.717, 1.165) is 10.2 Å². The Kier molecular flexibility index (Phi) is 3.79. The molecule has 2 aromatic heterocycles. The first-order valence-electron chi connectivity index (χ1n) is 7.23. The second kappa shape index (κ2) is 5.61. The molecule has 0 aliphatic heterocycles. The van der Waals surface area contributed by atoms with Crippen molar-refractivity contribution in [2.24, 2.45) is 0 Å². The largest absolute Gasteiger partial charge is 0.464 e. The third-order valence-electron chi connectivity index (χ3n) is 3.94. The number of hydrogen-bond donors (Lipinski definition) is 0. The molecule has 3 nitrogen and oxygen atoms in total. The molecule has 3 aromatic rings. The number of methoxy groups -OCH3 is 1. The normalized spacial score (nSPS) is 11.1. The smallest absolute Gasteiger partial charge is 0.354 e. The maximum atomic E-state index is 12.1. The number of nitrogens with zero attached hydrogens (tertiary/aromatic N) is 1. The molecular formula is C18H19NO2S. The average molecular weight is 313 g/mol. The fraction of sp³-hybridized carbons (Fsp3) is 0.278. The van der Waals surface area contributed by atoms with Crippen LogP contribution in [0, 0.1) is 20.8 Å². The summed E-state index contributed by atoms with van der Waals surface area (Å²) in [5.41, 5.74) is 5.40. The van der Waals surface area contributed by atoms with Crippen molar-refractivity contribution in [3.05, 3.63) is 57.6 Å². The number of carbonyl (C=O) groups is 1. The fourth-order valence-corrected chi connectivity index (χ4v) is 3.71. The number of hydrogen-bond acceptors (Lipinski definition) is 3. The van der Waals surface area contributed by atoms with Crippen molar-refractivity contribution in [2.45, 2.75) is 27.3 Å². The highest BCUT2D eigenvalue weighted by Crippen LogP contribution is 2.30. The van der Waals surface area contributed by atoms with Crippen LogP contribution in [-0.2, 0) is 11.3 Å². The molecular weight excluding hydrogens is 294 g/mol. The van der Waals surface area contributed by atoms with Crippen LogP contribution in [0.25, 0.3) is 10.2 Å². The van der Waals surface area contributed by atoms with Crippen molar-refractivity contribution in [1.29, 1.82) is 0 Å². The lowest BCUT2D eigenvalue weighted by Crippen LogP contribution is -2.12. The summed E-state index contributed by atoms with van der Waals surface area (Å²) in [6.45, 7) is 6.96. The van der Waals surface area contributed by atoms with E-state index in [1.165, 1.54) is 28.7 Å². The Labute approximate surface area is 134 Å². The monoisotopic (exact) mass is 313 g/mol. The maximum absolute atomic E-state index is 12.1. The second-order valence-electron chi connectivity index (χ2n) is 5.64. The molecule has 0 atom stereocenters. The van der Waals surface area contributed by atoms with Gasteiger partial charge in [0.15, 0.2) is 0 Å². The van der Waals surface area contributed by atoms with Crippen molar-refractivity contribution >= 4 is 27.5 Å². The number of aryl methyl sites for hydroxylation is 3. The van der Waals surface area contributed by atoms with Crippen molar-refractivity contribution in [3.63, 3.8) is 0 Å². The minimum absolute atomic E-state index is 0.286. The van der Waals surface area contributed by atoms with Gasteiger partial charge in [-0.05, 0) is 44.0 Å². The summed E-state index contributed by atoms with van der Waals surface area (Å²) in [5.74, 6) is -0.286. The number of carbonyl (C=O) groups excluding carboxylic acids is 1. The Morgan fingerprint density at radius 3 is 2.68 bits per heavy atom. The maximum Gasteiger partial charge on any atom is 0.354 e. The molecule has 0 saturated carbocycles. The molecule has 0 spiro atoms. The van der Waals surface area contributed by atoms with Gasteiger partial charge in [-0.3, -0.25) is 0 Å². The summed E-state index contributed by atoms with van der Waals surface area (Å²) < 4.78 is 8.13. The van der Waals surface area contributed by atoms with Crippen LogP contribution < -0.4 is 0 Å². The standard InChI is InChI=1S/C18H19NO2S/c1-11-5-6-12(2)14(7-11)10-19-15-8-13(3)22-17(15)9-16(19)18(20)21-4/h5-9H,10H2,1-4H3. The highest BCUT2D eigenvalue weighted by Gasteiger charge is 2.18. The van der Waals surface area contributed by atoms with E-state index in [2.05, 4.69) is 49.6 Å². The van der Waals surface area contributed by atoms with Crippen molar-refractivity contribution in [1.82, 2.24) is 4.57 Å². The zero-order valence-electron chi connectivity index (χ0n) is 13.3. The molecule has 2 heterocycles. The zero-order chi connectivity index (χ0) is 15.9.